The van der Waals surface area contributed by atoms with Crippen LogP contribution in [0, 0.1) is 11.2 Å². The van der Waals surface area contributed by atoms with Crippen molar-refractivity contribution in [3.8, 4) is 11.1 Å². The predicted octanol–water partition coefficient (Wildman–Crippen LogP) is 6.29. The average Bonchev–Trinajstić information content (AvgIpc) is 3.45. The van der Waals surface area contributed by atoms with Crippen LogP contribution in [0.3, 0.4) is 0 Å². The van der Waals surface area contributed by atoms with Crippen molar-refractivity contribution in [2.24, 2.45) is 5.41 Å². The molecule has 1 N–H and O–H groups in total. The van der Waals surface area contributed by atoms with E-state index in [0.29, 0.717) is 16.1 Å². The van der Waals surface area contributed by atoms with Crippen molar-refractivity contribution in [3.63, 3.8) is 0 Å². The Morgan fingerprint density at radius 3 is 2.55 bits per heavy atom. The van der Waals surface area contributed by atoms with Crippen LogP contribution in [0.1, 0.15) is 52.1 Å². The quantitative estimate of drug-likeness (QED) is 0.468. The fourth-order valence-corrected chi connectivity index (χ4v) is 5.86. The number of sulfonamides is 1. The van der Waals surface area contributed by atoms with E-state index in [-0.39, 0.29) is 22.5 Å². The van der Waals surface area contributed by atoms with E-state index < -0.39 is 10.0 Å². The van der Waals surface area contributed by atoms with Gasteiger partial charge in [0.05, 0.1) is 10.3 Å². The Morgan fingerprint density at radius 2 is 1.94 bits per heavy atom. The summed E-state index contributed by atoms with van der Waals surface area (Å²) in [6, 6.07) is 10.0. The molecule has 0 unspecified atom stereocenters. The first kappa shape index (κ1) is 22.3. The van der Waals surface area contributed by atoms with Gasteiger partial charge in [-0.1, -0.05) is 50.6 Å². The molecule has 0 spiro atoms. The molecule has 4 rings (SSSR count). The maximum Gasteiger partial charge on any atom is 0.215 e. The number of hydrogen-bond donors (Lipinski definition) is 1. The zero-order valence-electron chi connectivity index (χ0n) is 18.2. The highest BCUT2D eigenvalue weighted by Crippen LogP contribution is 2.37. The lowest BCUT2D eigenvalue weighted by Gasteiger charge is -2.20. The summed E-state index contributed by atoms with van der Waals surface area (Å²) in [5.41, 5.74) is 2.92. The van der Waals surface area contributed by atoms with Gasteiger partial charge < -0.3 is 4.57 Å². The normalized spacial score (nSPS) is 16.1. The SMILES string of the molecule is C[C@@H](NS(=O)(=O)C1CC1)c1cn(CC(C)(C)C)c2cc(-c3c(F)cccc3Cl)ccc12. The highest BCUT2D eigenvalue weighted by atomic mass is 35.5. The summed E-state index contributed by atoms with van der Waals surface area (Å²) in [6.45, 7) is 9.05. The van der Waals surface area contributed by atoms with Crippen molar-refractivity contribution in [2.45, 2.75) is 58.4 Å². The summed E-state index contributed by atoms with van der Waals surface area (Å²) in [5, 5.41) is 1.04. The molecule has 1 saturated carbocycles. The van der Waals surface area contributed by atoms with Crippen molar-refractivity contribution in [1.29, 1.82) is 0 Å². The van der Waals surface area contributed by atoms with Crippen LogP contribution in [0.5, 0.6) is 0 Å². The second-order valence-electron chi connectivity index (χ2n) is 9.69. The smallest absolute Gasteiger partial charge is 0.215 e. The van der Waals surface area contributed by atoms with E-state index in [9.17, 15) is 12.8 Å². The molecular formula is C24H28ClFN2O2S. The van der Waals surface area contributed by atoms with E-state index >= 15 is 0 Å². The number of benzene rings is 2. The van der Waals surface area contributed by atoms with Crippen molar-refractivity contribution >= 4 is 32.5 Å². The second kappa shape index (κ2) is 7.91. The number of halogens is 2. The monoisotopic (exact) mass is 462 g/mol. The van der Waals surface area contributed by atoms with Crippen LogP contribution >= 0.6 is 11.6 Å². The van der Waals surface area contributed by atoms with Crippen LogP contribution in [-0.2, 0) is 16.6 Å². The molecule has 2 aromatic carbocycles. The van der Waals surface area contributed by atoms with Gasteiger partial charge in [-0.25, -0.2) is 17.5 Å². The van der Waals surface area contributed by atoms with Gasteiger partial charge in [-0.15, -0.1) is 0 Å². The molecule has 1 aromatic heterocycles. The molecule has 4 nitrogen and oxygen atoms in total. The maximum atomic E-state index is 14.5. The Hall–Kier alpha value is -1.89. The molecule has 0 saturated heterocycles. The van der Waals surface area contributed by atoms with E-state index in [2.05, 4.69) is 30.1 Å². The van der Waals surface area contributed by atoms with E-state index in [1.165, 1.54) is 6.07 Å². The lowest BCUT2D eigenvalue weighted by molar-refractivity contribution is 0.349. The highest BCUT2D eigenvalue weighted by molar-refractivity contribution is 7.90. The van der Waals surface area contributed by atoms with Crippen LogP contribution in [0.15, 0.2) is 42.6 Å². The first-order valence-corrected chi connectivity index (χ1v) is 12.5. The van der Waals surface area contributed by atoms with Gasteiger partial charge in [0.25, 0.3) is 0 Å². The maximum absolute atomic E-state index is 14.5. The van der Waals surface area contributed by atoms with Crippen LogP contribution in [0.4, 0.5) is 4.39 Å². The molecule has 0 radical (unpaired) electrons. The lowest BCUT2D eigenvalue weighted by Crippen LogP contribution is -2.29. The highest BCUT2D eigenvalue weighted by Gasteiger charge is 2.37. The lowest BCUT2D eigenvalue weighted by atomic mass is 9.96. The molecule has 166 valence electrons. The minimum Gasteiger partial charge on any atom is -0.347 e. The summed E-state index contributed by atoms with van der Waals surface area (Å²) in [4.78, 5) is 0. The number of nitrogens with zero attached hydrogens (tertiary/aromatic N) is 1. The van der Waals surface area contributed by atoms with Crippen LogP contribution in [-0.4, -0.2) is 18.2 Å². The fourth-order valence-electron chi connectivity index (χ4n) is 4.02. The van der Waals surface area contributed by atoms with Gasteiger partial charge in [0.1, 0.15) is 5.82 Å². The van der Waals surface area contributed by atoms with Crippen molar-refractivity contribution in [3.05, 3.63) is 59.0 Å². The largest absolute Gasteiger partial charge is 0.347 e. The third-order valence-electron chi connectivity index (χ3n) is 5.58. The molecule has 3 aromatic rings. The molecule has 1 fully saturated rings. The number of rotatable bonds is 6. The molecule has 1 heterocycles. The molecule has 0 aliphatic heterocycles. The summed E-state index contributed by atoms with van der Waals surface area (Å²) >= 11 is 6.30. The number of aromatic nitrogens is 1. The van der Waals surface area contributed by atoms with Crippen LogP contribution in [0.2, 0.25) is 5.02 Å². The topological polar surface area (TPSA) is 51.1 Å². The van der Waals surface area contributed by atoms with E-state index in [1.54, 1.807) is 12.1 Å². The van der Waals surface area contributed by atoms with Gasteiger partial charge in [0.15, 0.2) is 0 Å². The summed E-state index contributed by atoms with van der Waals surface area (Å²) in [7, 11) is -3.32. The van der Waals surface area contributed by atoms with E-state index in [1.807, 2.05) is 31.3 Å². The van der Waals surface area contributed by atoms with Crippen LogP contribution < -0.4 is 4.72 Å². The predicted molar refractivity (Wildman–Crippen MR) is 125 cm³/mol. The molecule has 1 aliphatic rings. The molecule has 1 atom stereocenters. The van der Waals surface area contributed by atoms with Gasteiger partial charge in [-0.2, -0.15) is 0 Å². The number of fused-ring (bicyclic) bond motifs is 1. The zero-order chi connectivity index (χ0) is 22.6. The third-order valence-corrected chi connectivity index (χ3v) is 7.93. The Kier molecular flexibility index (Phi) is 5.69. The first-order chi connectivity index (χ1) is 14.5. The molecular weight excluding hydrogens is 435 g/mol. The fraction of sp³-hybridized carbons (Fsp3) is 0.417. The average molecular weight is 463 g/mol. The van der Waals surface area contributed by atoms with Crippen molar-refractivity contribution in [2.75, 3.05) is 0 Å². The molecule has 7 heteroatoms. The first-order valence-electron chi connectivity index (χ1n) is 10.5. The number of hydrogen-bond acceptors (Lipinski definition) is 2. The summed E-state index contributed by atoms with van der Waals surface area (Å²) in [5.74, 6) is -0.369. The van der Waals surface area contributed by atoms with Gasteiger partial charge in [0.2, 0.25) is 10.0 Å². The van der Waals surface area contributed by atoms with E-state index in [0.717, 1.165) is 35.9 Å². The zero-order valence-corrected chi connectivity index (χ0v) is 19.8. The van der Waals surface area contributed by atoms with Gasteiger partial charge in [-0.05, 0) is 54.5 Å². The van der Waals surface area contributed by atoms with Crippen molar-refractivity contribution < 1.29 is 12.8 Å². The third kappa shape index (κ3) is 4.66. The summed E-state index contributed by atoms with van der Waals surface area (Å²) in [6.07, 6.45) is 3.46. The van der Waals surface area contributed by atoms with E-state index in [4.69, 9.17) is 11.6 Å². The Labute approximate surface area is 188 Å². The molecule has 0 bridgehead atoms. The van der Waals surface area contributed by atoms with Crippen LogP contribution in [0.25, 0.3) is 22.0 Å². The Morgan fingerprint density at radius 1 is 1.23 bits per heavy atom. The minimum atomic E-state index is -3.32. The Bertz CT molecular complexity index is 1220. The minimum absolute atomic E-state index is 0.00558. The second-order valence-corrected chi connectivity index (χ2v) is 12.1. The molecule has 0 amide bonds. The van der Waals surface area contributed by atoms with Gasteiger partial charge in [0, 0.05) is 35.2 Å². The van der Waals surface area contributed by atoms with Crippen molar-refractivity contribution in [1.82, 2.24) is 9.29 Å². The van der Waals surface area contributed by atoms with Gasteiger partial charge in [-0.3, -0.25) is 0 Å². The molecule has 1 aliphatic carbocycles. The summed E-state index contributed by atoms with van der Waals surface area (Å²) < 4.78 is 44.5. The number of nitrogens with one attached hydrogen (secondary N) is 1. The standard InChI is InChI=1S/C24H28ClFN2O2S/c1-15(27-31(29,30)17-9-10-17)19-13-28(14-24(2,3)4)22-12-16(8-11-18(19)22)23-20(25)6-5-7-21(23)26/h5-8,11-13,15,17,27H,9-10,14H2,1-4H3/t15-/m1/s1. The molecule has 31 heavy (non-hydrogen) atoms. The Balaban J connectivity index is 1.83. The van der Waals surface area contributed by atoms with Gasteiger partial charge >= 0.3 is 0 Å².